The topological polar surface area (TPSA) is 46.5 Å². The van der Waals surface area contributed by atoms with Crippen LogP contribution in [-0.2, 0) is 21.2 Å². The van der Waals surface area contributed by atoms with E-state index in [9.17, 15) is 4.79 Å². The van der Waals surface area contributed by atoms with Gasteiger partial charge in [0.2, 0.25) is 10.5 Å². The number of hydrogen-bond donors (Lipinski definition) is 1. The van der Waals surface area contributed by atoms with Crippen LogP contribution in [0.25, 0.3) is 0 Å². The van der Waals surface area contributed by atoms with Gasteiger partial charge in [-0.2, -0.15) is 0 Å². The van der Waals surface area contributed by atoms with Gasteiger partial charge in [0.25, 0.3) is 0 Å². The van der Waals surface area contributed by atoms with Gasteiger partial charge in [0.15, 0.2) is 0 Å². The van der Waals surface area contributed by atoms with Gasteiger partial charge in [-0.25, -0.2) is 4.79 Å². The summed E-state index contributed by atoms with van der Waals surface area (Å²) in [4.78, 5) is 9.18. The maximum Gasteiger partial charge on any atom is 0.491 e. The van der Waals surface area contributed by atoms with Crippen molar-refractivity contribution in [2.75, 3.05) is 0 Å². The largest absolute Gasteiger partial charge is 0.499 e. The normalized spacial score (nSPS) is 6.00. The molecule has 1 radical (unpaired) electrons. The molecule has 0 bridgehead atoms. The van der Waals surface area contributed by atoms with E-state index in [2.05, 4.69) is 4.43 Å². The summed E-state index contributed by atoms with van der Waals surface area (Å²) in [7, 11) is 0.274. The van der Waals surface area contributed by atoms with Crippen LogP contribution < -0.4 is 0 Å². The molecule has 0 atom stereocenters. The van der Waals surface area contributed by atoms with Gasteiger partial charge in [0.05, 0.1) is 0 Å². The molecule has 0 spiro atoms. The molecule has 0 aliphatic rings. The Hall–Kier alpha value is -0.00662. The minimum Gasteiger partial charge on any atom is -0.499 e. The molecule has 5 heteroatoms. The molecule has 0 saturated heterocycles. The predicted octanol–water partition coefficient (Wildman–Crippen LogP) is -1.04. The maximum absolute atomic E-state index is 9.18. The average Bonchev–Trinajstić information content (AvgIpc) is 1.38. The summed E-state index contributed by atoms with van der Waals surface area (Å²) in [6.45, 7) is 0. The summed E-state index contributed by atoms with van der Waals surface area (Å²) < 4.78 is 3.81. The van der Waals surface area contributed by atoms with Crippen LogP contribution in [0.2, 0.25) is 0 Å². The first-order valence-electron chi connectivity index (χ1n) is 1.04. The van der Waals surface area contributed by atoms with Crippen molar-refractivity contribution in [3.05, 3.63) is 0 Å². The van der Waals surface area contributed by atoms with Crippen molar-refractivity contribution >= 4 is 16.6 Å². The van der Waals surface area contributed by atoms with E-state index in [0.717, 1.165) is 0 Å². The Labute approximate surface area is 48.4 Å². The molecule has 0 rings (SSSR count). The van der Waals surface area contributed by atoms with Crippen LogP contribution in [0.5, 0.6) is 0 Å². The van der Waals surface area contributed by atoms with E-state index >= 15 is 0 Å². The Kier molecular flexibility index (Phi) is 7.80. The third-order valence-corrected chi connectivity index (χ3v) is 0.524. The van der Waals surface area contributed by atoms with Crippen molar-refractivity contribution in [3.8, 4) is 0 Å². The zero-order chi connectivity index (χ0) is 4.28. The van der Waals surface area contributed by atoms with Crippen LogP contribution in [0.1, 0.15) is 0 Å². The second-order valence-corrected chi connectivity index (χ2v) is 0.878. The Morgan fingerprint density at radius 1 is 1.83 bits per heavy atom. The number of carboxylic acid groups (broad SMARTS) is 1. The summed E-state index contributed by atoms with van der Waals surface area (Å²) in [6, 6.07) is 0. The second kappa shape index (κ2) is 4.99. The van der Waals surface area contributed by atoms with Crippen LogP contribution in [-0.4, -0.2) is 21.7 Å². The Morgan fingerprint density at radius 3 is 2.00 bits per heavy atom. The minimum atomic E-state index is -1.18. The van der Waals surface area contributed by atoms with Gasteiger partial charge in [0.1, 0.15) is 0 Å². The molecule has 0 saturated carbocycles. The van der Waals surface area contributed by atoms with Gasteiger partial charge in [-0.3, -0.25) is 0 Å². The predicted molar refractivity (Wildman–Crippen MR) is 19.0 cm³/mol. The molecule has 0 aliphatic carbocycles. The fraction of sp³-hybridized carbons (Fsp3) is 0. The number of rotatable bonds is 0. The fourth-order valence-electron chi connectivity index (χ4n) is 0. The zero-order valence-electron chi connectivity index (χ0n) is 3.10. The van der Waals surface area contributed by atoms with E-state index in [4.69, 9.17) is 5.11 Å². The summed E-state index contributed by atoms with van der Waals surface area (Å²) in [6.07, 6.45) is -1.18. The van der Waals surface area contributed by atoms with Gasteiger partial charge in [-0.1, -0.05) is 0 Å². The third-order valence-electron chi connectivity index (χ3n) is 0.175. The molecule has 0 aliphatic heterocycles. The molecule has 0 aromatic heterocycles. The van der Waals surface area contributed by atoms with Crippen LogP contribution in [0, 0.1) is 0 Å². The Morgan fingerprint density at radius 2 is 2.00 bits per heavy atom. The first kappa shape index (κ1) is 9.37. The smallest absolute Gasteiger partial charge is 0.491 e. The van der Waals surface area contributed by atoms with Crippen molar-refractivity contribution in [2.45, 2.75) is 0 Å². The quantitative estimate of drug-likeness (QED) is 0.450. The van der Waals surface area contributed by atoms with Gasteiger partial charge in [-0.15, -0.1) is 0 Å². The third kappa shape index (κ3) is 9.01. The van der Waals surface area contributed by atoms with Gasteiger partial charge >= 0.3 is 6.16 Å². The summed E-state index contributed by atoms with van der Waals surface area (Å²) in [5.74, 6) is 0. The minimum absolute atomic E-state index is 0. The molecule has 1 N–H and O–H groups in total. The second-order valence-electron chi connectivity index (χ2n) is 0.470. The van der Waals surface area contributed by atoms with E-state index in [1.807, 2.05) is 0 Å². The van der Waals surface area contributed by atoms with Crippen LogP contribution in [0.4, 0.5) is 4.79 Å². The van der Waals surface area contributed by atoms with Crippen molar-refractivity contribution < 1.29 is 31.1 Å². The van der Waals surface area contributed by atoms with Crippen molar-refractivity contribution in [1.82, 2.24) is 0 Å². The first-order valence-corrected chi connectivity index (χ1v) is 1.86. The molecule has 0 aromatic rings. The fourth-order valence-corrected chi connectivity index (χ4v) is 0. The van der Waals surface area contributed by atoms with Crippen molar-refractivity contribution in [2.24, 2.45) is 0 Å². The standard InChI is InChI=1S/CH4O3Si.Co/c2-1(3)4-5;/h5H3,(H,2,3);. The van der Waals surface area contributed by atoms with Crippen molar-refractivity contribution in [3.63, 3.8) is 0 Å². The molecule has 6 heavy (non-hydrogen) atoms. The Bertz CT molecular complexity index is 46.1. The molecule has 0 fully saturated rings. The monoisotopic (exact) mass is 151 g/mol. The number of hydrogen-bond acceptors (Lipinski definition) is 2. The van der Waals surface area contributed by atoms with E-state index in [1.165, 1.54) is 0 Å². The Balaban J connectivity index is 0. The molecule has 0 unspecified atom stereocenters. The van der Waals surface area contributed by atoms with E-state index in [-0.39, 0.29) is 27.3 Å². The van der Waals surface area contributed by atoms with Crippen molar-refractivity contribution in [1.29, 1.82) is 0 Å². The van der Waals surface area contributed by atoms with E-state index in [0.29, 0.717) is 0 Å². The summed E-state index contributed by atoms with van der Waals surface area (Å²) >= 11 is 0. The summed E-state index contributed by atoms with van der Waals surface area (Å²) in [5.41, 5.74) is 0. The zero-order valence-corrected chi connectivity index (χ0v) is 6.14. The number of carbonyl (C=O) groups is 1. The van der Waals surface area contributed by atoms with E-state index < -0.39 is 6.16 Å². The molecule has 0 amide bonds. The molecule has 39 valence electrons. The SMILES string of the molecule is O=C(O)O[SiH3].[Co]. The van der Waals surface area contributed by atoms with Crippen LogP contribution in [0.3, 0.4) is 0 Å². The summed E-state index contributed by atoms with van der Waals surface area (Å²) in [5, 5.41) is 7.53. The molecular weight excluding hydrogens is 147 g/mol. The molecule has 3 nitrogen and oxygen atoms in total. The molecular formula is CH4CoO3Si. The van der Waals surface area contributed by atoms with E-state index in [1.54, 1.807) is 0 Å². The average molecular weight is 151 g/mol. The van der Waals surface area contributed by atoms with Gasteiger partial charge in [0, 0.05) is 16.8 Å². The van der Waals surface area contributed by atoms with Gasteiger partial charge in [-0.05, 0) is 0 Å². The maximum atomic E-state index is 9.18. The first-order chi connectivity index (χ1) is 2.27. The van der Waals surface area contributed by atoms with Crippen LogP contribution in [0.15, 0.2) is 0 Å². The van der Waals surface area contributed by atoms with Gasteiger partial charge < -0.3 is 9.53 Å². The van der Waals surface area contributed by atoms with Crippen LogP contribution >= 0.6 is 0 Å². The molecule has 0 aromatic carbocycles. The molecule has 0 heterocycles.